The van der Waals surface area contributed by atoms with Crippen LogP contribution in [0.1, 0.15) is 18.5 Å². The Kier molecular flexibility index (Phi) is 3.36. The first-order chi connectivity index (χ1) is 7.27. The highest BCUT2D eigenvalue weighted by molar-refractivity contribution is 5.18. The van der Waals surface area contributed by atoms with Gasteiger partial charge in [0.1, 0.15) is 13.5 Å². The van der Waals surface area contributed by atoms with Crippen LogP contribution >= 0.6 is 0 Å². The number of ether oxygens (including phenoxy) is 1. The first kappa shape index (κ1) is 10.6. The Balaban J connectivity index is 2.04. The minimum Gasteiger partial charge on any atom is -0.351 e. The summed E-state index contributed by atoms with van der Waals surface area (Å²) in [5.74, 6) is 0. The van der Waals surface area contributed by atoms with Gasteiger partial charge in [-0.3, -0.25) is 9.80 Å². The molecule has 1 aromatic carbocycles. The van der Waals surface area contributed by atoms with Crippen molar-refractivity contribution >= 4 is 0 Å². The van der Waals surface area contributed by atoms with E-state index in [1.807, 2.05) is 0 Å². The van der Waals surface area contributed by atoms with Crippen molar-refractivity contribution in [2.24, 2.45) is 0 Å². The molecule has 1 fully saturated rings. The zero-order chi connectivity index (χ0) is 10.7. The third kappa shape index (κ3) is 2.56. The van der Waals surface area contributed by atoms with E-state index in [9.17, 15) is 0 Å². The second-order valence-corrected chi connectivity index (χ2v) is 4.14. The Hall–Kier alpha value is -0.900. The average molecular weight is 206 g/mol. The van der Waals surface area contributed by atoms with Crippen molar-refractivity contribution in [2.45, 2.75) is 13.0 Å². The van der Waals surface area contributed by atoms with E-state index < -0.39 is 0 Å². The summed E-state index contributed by atoms with van der Waals surface area (Å²) >= 11 is 0. The molecule has 1 aliphatic heterocycles. The summed E-state index contributed by atoms with van der Waals surface area (Å²) in [5, 5.41) is 0. The largest absolute Gasteiger partial charge is 0.351 e. The molecule has 1 aliphatic rings. The lowest BCUT2D eigenvalue weighted by molar-refractivity contribution is -0.115. The second kappa shape index (κ2) is 4.75. The van der Waals surface area contributed by atoms with Crippen LogP contribution in [0, 0.1) is 0 Å². The molecule has 0 amide bonds. The zero-order valence-corrected chi connectivity index (χ0v) is 9.39. The van der Waals surface area contributed by atoms with Gasteiger partial charge in [-0.25, -0.2) is 0 Å². The molecule has 0 radical (unpaired) electrons. The Morgan fingerprint density at radius 2 is 1.93 bits per heavy atom. The predicted octanol–water partition coefficient (Wildman–Crippen LogP) is 1.88. The van der Waals surface area contributed by atoms with E-state index in [1.54, 1.807) is 0 Å². The maximum Gasteiger partial charge on any atom is 0.102 e. The summed E-state index contributed by atoms with van der Waals surface area (Å²) < 4.78 is 5.49. The highest BCUT2D eigenvalue weighted by Gasteiger charge is 2.20. The number of benzene rings is 1. The van der Waals surface area contributed by atoms with Crippen molar-refractivity contribution in [1.29, 1.82) is 0 Å². The van der Waals surface area contributed by atoms with Crippen molar-refractivity contribution < 1.29 is 4.74 Å². The molecular formula is C12H18N2O. The van der Waals surface area contributed by atoms with Crippen LogP contribution in [0.15, 0.2) is 30.3 Å². The van der Waals surface area contributed by atoms with Crippen molar-refractivity contribution in [2.75, 3.05) is 27.2 Å². The molecule has 1 atom stereocenters. The second-order valence-electron chi connectivity index (χ2n) is 4.14. The molecule has 1 heterocycles. The van der Waals surface area contributed by atoms with Crippen LogP contribution in [0.5, 0.6) is 0 Å². The van der Waals surface area contributed by atoms with Crippen molar-refractivity contribution in [1.82, 2.24) is 9.80 Å². The molecular weight excluding hydrogens is 188 g/mol. The number of hydrogen-bond acceptors (Lipinski definition) is 3. The highest BCUT2D eigenvalue weighted by Crippen LogP contribution is 2.21. The Morgan fingerprint density at radius 1 is 1.20 bits per heavy atom. The summed E-state index contributed by atoms with van der Waals surface area (Å²) in [6.07, 6.45) is 0. The topological polar surface area (TPSA) is 15.7 Å². The van der Waals surface area contributed by atoms with Gasteiger partial charge in [0.25, 0.3) is 0 Å². The summed E-state index contributed by atoms with van der Waals surface area (Å²) in [6.45, 7) is 4.65. The lowest BCUT2D eigenvalue weighted by atomic mass is 10.1. The minimum absolute atomic E-state index is 0.411. The highest BCUT2D eigenvalue weighted by atomic mass is 16.5. The maximum atomic E-state index is 5.49. The van der Waals surface area contributed by atoms with E-state index in [2.05, 4.69) is 54.1 Å². The fraction of sp³-hybridized carbons (Fsp3) is 0.500. The van der Waals surface area contributed by atoms with Crippen LogP contribution in [-0.2, 0) is 4.74 Å². The molecule has 82 valence electrons. The lowest BCUT2D eigenvalue weighted by Crippen LogP contribution is -2.45. The van der Waals surface area contributed by atoms with Gasteiger partial charge in [-0.15, -0.1) is 0 Å². The van der Waals surface area contributed by atoms with E-state index in [1.165, 1.54) is 5.56 Å². The molecule has 15 heavy (non-hydrogen) atoms. The van der Waals surface area contributed by atoms with Gasteiger partial charge in [0, 0.05) is 6.04 Å². The summed E-state index contributed by atoms with van der Waals surface area (Å²) in [4.78, 5) is 4.49. The van der Waals surface area contributed by atoms with Gasteiger partial charge >= 0.3 is 0 Å². The van der Waals surface area contributed by atoms with Crippen molar-refractivity contribution in [3.05, 3.63) is 35.9 Å². The fourth-order valence-corrected chi connectivity index (χ4v) is 1.88. The maximum absolute atomic E-state index is 5.49. The Morgan fingerprint density at radius 3 is 2.60 bits per heavy atom. The molecule has 0 aromatic heterocycles. The normalized spacial score (nSPS) is 21.5. The molecule has 0 aliphatic carbocycles. The zero-order valence-electron chi connectivity index (χ0n) is 9.39. The number of hydrogen-bond donors (Lipinski definition) is 0. The van der Waals surface area contributed by atoms with Crippen molar-refractivity contribution in [3.8, 4) is 0 Å². The van der Waals surface area contributed by atoms with Gasteiger partial charge in [-0.05, 0) is 19.5 Å². The molecule has 3 nitrogen and oxygen atoms in total. The Labute approximate surface area is 91.2 Å². The molecule has 3 heteroatoms. The Bertz CT molecular complexity index is 302. The molecule has 0 unspecified atom stereocenters. The van der Waals surface area contributed by atoms with Crippen LogP contribution in [0.2, 0.25) is 0 Å². The van der Waals surface area contributed by atoms with Crippen LogP contribution in [-0.4, -0.2) is 37.0 Å². The van der Waals surface area contributed by atoms with E-state index in [0.717, 1.165) is 20.1 Å². The third-order valence-electron chi connectivity index (χ3n) is 2.82. The summed E-state index contributed by atoms with van der Waals surface area (Å²) in [7, 11) is 2.07. The van der Waals surface area contributed by atoms with E-state index in [0.29, 0.717) is 6.04 Å². The van der Waals surface area contributed by atoms with Gasteiger partial charge in [0.15, 0.2) is 0 Å². The predicted molar refractivity (Wildman–Crippen MR) is 60.1 cm³/mol. The van der Waals surface area contributed by atoms with Crippen molar-refractivity contribution in [3.63, 3.8) is 0 Å². The van der Waals surface area contributed by atoms with Crippen LogP contribution < -0.4 is 0 Å². The molecule has 0 bridgehead atoms. The fourth-order valence-electron chi connectivity index (χ4n) is 1.88. The van der Waals surface area contributed by atoms with Crippen LogP contribution in [0.3, 0.4) is 0 Å². The van der Waals surface area contributed by atoms with Gasteiger partial charge in [0.05, 0.1) is 6.67 Å². The SMILES string of the molecule is C[C@H](c1ccccc1)N1COCN(C)C1. The molecule has 1 aromatic rings. The first-order valence-electron chi connectivity index (χ1n) is 5.32. The van der Waals surface area contributed by atoms with Gasteiger partial charge in [0.2, 0.25) is 0 Å². The lowest BCUT2D eigenvalue weighted by Gasteiger charge is -2.37. The van der Waals surface area contributed by atoms with E-state index in [4.69, 9.17) is 4.74 Å². The quantitative estimate of drug-likeness (QED) is 0.735. The summed E-state index contributed by atoms with van der Waals surface area (Å²) in [6, 6.07) is 11.0. The van der Waals surface area contributed by atoms with Gasteiger partial charge in [-0.2, -0.15) is 0 Å². The standard InChI is InChI=1S/C12H18N2O/c1-11(12-6-4-3-5-7-12)14-8-13(2)9-15-10-14/h3-7,11H,8-10H2,1-2H3/t11-/m1/s1. The molecule has 0 N–H and O–H groups in total. The smallest absolute Gasteiger partial charge is 0.102 e. The monoisotopic (exact) mass is 206 g/mol. The molecule has 1 saturated heterocycles. The van der Waals surface area contributed by atoms with E-state index >= 15 is 0 Å². The van der Waals surface area contributed by atoms with Crippen LogP contribution in [0.25, 0.3) is 0 Å². The third-order valence-corrected chi connectivity index (χ3v) is 2.82. The number of rotatable bonds is 2. The van der Waals surface area contributed by atoms with Gasteiger partial charge in [-0.1, -0.05) is 30.3 Å². The number of nitrogens with zero attached hydrogens (tertiary/aromatic N) is 2. The van der Waals surface area contributed by atoms with E-state index in [-0.39, 0.29) is 0 Å². The average Bonchev–Trinajstić information content (AvgIpc) is 2.29. The molecule has 2 rings (SSSR count). The molecule has 0 spiro atoms. The molecule has 0 saturated carbocycles. The summed E-state index contributed by atoms with van der Waals surface area (Å²) in [5.41, 5.74) is 1.34. The van der Waals surface area contributed by atoms with Crippen LogP contribution in [0.4, 0.5) is 0 Å². The first-order valence-corrected chi connectivity index (χ1v) is 5.32. The minimum atomic E-state index is 0.411. The van der Waals surface area contributed by atoms with Gasteiger partial charge < -0.3 is 4.74 Å².